The first kappa shape index (κ1) is 11.4. The molecule has 0 N–H and O–H groups in total. The van der Waals surface area contributed by atoms with E-state index in [4.69, 9.17) is 0 Å². The molecule has 1 saturated heterocycles. The summed E-state index contributed by atoms with van der Waals surface area (Å²) >= 11 is 0. The number of aryl methyl sites for hydroxylation is 1. The predicted molar refractivity (Wildman–Crippen MR) is 67.0 cm³/mol. The summed E-state index contributed by atoms with van der Waals surface area (Å²) in [5, 5.41) is 0. The molecule has 18 heavy (non-hydrogen) atoms. The van der Waals surface area contributed by atoms with Gasteiger partial charge in [-0.15, -0.1) is 0 Å². The van der Waals surface area contributed by atoms with Crippen molar-refractivity contribution >= 4 is 17.0 Å². The maximum absolute atomic E-state index is 12.7. The van der Waals surface area contributed by atoms with Gasteiger partial charge < -0.3 is 9.47 Å². The number of hydrogen-bond acceptors (Lipinski definition) is 2. The van der Waals surface area contributed by atoms with Crippen LogP contribution >= 0.6 is 0 Å². The number of hydrogen-bond donors (Lipinski definition) is 0. The molecule has 3 nitrogen and oxygen atoms in total. The van der Waals surface area contributed by atoms with Crippen LogP contribution in [0.25, 0.3) is 11.0 Å². The van der Waals surface area contributed by atoms with Gasteiger partial charge >= 0.3 is 0 Å². The summed E-state index contributed by atoms with van der Waals surface area (Å²) < 4.78 is 27.3. The standard InChI is InChI=1S/C13H15F2N3/c1-17-11-5-3-2-4-10(11)16-13(17)18-7-6-9(8-18)12(14)15/h2-5,9,12H,6-8H2,1H3. The summed E-state index contributed by atoms with van der Waals surface area (Å²) in [4.78, 5) is 6.49. The molecule has 1 aromatic heterocycles. The SMILES string of the molecule is Cn1c(N2CCC(C(F)F)C2)nc2ccccc21. The Morgan fingerprint density at radius 1 is 1.33 bits per heavy atom. The number of halogens is 2. The van der Waals surface area contributed by atoms with Crippen LogP contribution in [0.2, 0.25) is 0 Å². The average molecular weight is 251 g/mol. The van der Waals surface area contributed by atoms with Gasteiger partial charge in [-0.1, -0.05) is 12.1 Å². The van der Waals surface area contributed by atoms with Gasteiger partial charge in [-0.25, -0.2) is 13.8 Å². The Kier molecular flexibility index (Phi) is 2.69. The lowest BCUT2D eigenvalue weighted by atomic mass is 10.1. The molecule has 0 aliphatic carbocycles. The largest absolute Gasteiger partial charge is 0.342 e. The molecule has 1 unspecified atom stereocenters. The van der Waals surface area contributed by atoms with E-state index in [0.29, 0.717) is 19.5 Å². The molecule has 0 saturated carbocycles. The molecule has 3 rings (SSSR count). The minimum atomic E-state index is -2.23. The second-order valence-electron chi connectivity index (χ2n) is 4.79. The van der Waals surface area contributed by atoms with Crippen LogP contribution in [0.1, 0.15) is 6.42 Å². The fourth-order valence-electron chi connectivity index (χ4n) is 2.59. The van der Waals surface area contributed by atoms with Crippen molar-refractivity contribution in [2.45, 2.75) is 12.8 Å². The molecule has 2 aromatic rings. The molecular formula is C13H15F2N3. The number of nitrogens with zero attached hydrogens (tertiary/aromatic N) is 3. The van der Waals surface area contributed by atoms with Crippen molar-refractivity contribution in [1.29, 1.82) is 0 Å². The van der Waals surface area contributed by atoms with Gasteiger partial charge in [0.25, 0.3) is 0 Å². The lowest BCUT2D eigenvalue weighted by molar-refractivity contribution is 0.0879. The topological polar surface area (TPSA) is 21.1 Å². The van der Waals surface area contributed by atoms with Crippen molar-refractivity contribution < 1.29 is 8.78 Å². The molecule has 1 atom stereocenters. The maximum Gasteiger partial charge on any atom is 0.243 e. The number of benzene rings is 1. The van der Waals surface area contributed by atoms with Gasteiger partial charge in [0, 0.05) is 26.1 Å². The quantitative estimate of drug-likeness (QED) is 0.818. The highest BCUT2D eigenvalue weighted by atomic mass is 19.3. The van der Waals surface area contributed by atoms with Gasteiger partial charge in [0.05, 0.1) is 11.0 Å². The molecule has 1 aliphatic rings. The van der Waals surface area contributed by atoms with Gasteiger partial charge in [-0.3, -0.25) is 0 Å². The first-order chi connectivity index (χ1) is 8.66. The third-order valence-corrected chi connectivity index (χ3v) is 3.63. The summed E-state index contributed by atoms with van der Waals surface area (Å²) in [6.07, 6.45) is -1.69. The summed E-state index contributed by atoms with van der Waals surface area (Å²) in [7, 11) is 1.93. The first-order valence-corrected chi connectivity index (χ1v) is 6.11. The highest BCUT2D eigenvalue weighted by molar-refractivity contribution is 5.78. The number of rotatable bonds is 2. The second-order valence-corrected chi connectivity index (χ2v) is 4.79. The zero-order valence-electron chi connectivity index (χ0n) is 10.2. The van der Waals surface area contributed by atoms with E-state index < -0.39 is 12.3 Å². The maximum atomic E-state index is 12.7. The second kappa shape index (κ2) is 4.23. The van der Waals surface area contributed by atoms with Crippen molar-refractivity contribution in [2.75, 3.05) is 18.0 Å². The van der Waals surface area contributed by atoms with E-state index in [-0.39, 0.29) is 0 Å². The molecule has 2 heterocycles. The fourth-order valence-corrected chi connectivity index (χ4v) is 2.59. The molecule has 1 fully saturated rings. The Labute approximate surface area is 104 Å². The van der Waals surface area contributed by atoms with Crippen LogP contribution in [0, 0.1) is 5.92 Å². The number of alkyl halides is 2. The van der Waals surface area contributed by atoms with Gasteiger partial charge in [0.2, 0.25) is 12.4 Å². The molecule has 5 heteroatoms. The van der Waals surface area contributed by atoms with Gasteiger partial charge in [-0.2, -0.15) is 0 Å². The van der Waals surface area contributed by atoms with Crippen LogP contribution in [-0.4, -0.2) is 29.1 Å². The van der Waals surface area contributed by atoms with Crippen LogP contribution in [0.5, 0.6) is 0 Å². The van der Waals surface area contributed by atoms with Crippen molar-refractivity contribution in [3.8, 4) is 0 Å². The molecule has 96 valence electrons. The molecule has 1 aromatic carbocycles. The number of anilines is 1. The summed E-state index contributed by atoms with van der Waals surface area (Å²) in [5.74, 6) is 0.268. The molecule has 0 bridgehead atoms. The lowest BCUT2D eigenvalue weighted by Crippen LogP contribution is -2.24. The molecule has 1 aliphatic heterocycles. The van der Waals surface area contributed by atoms with E-state index >= 15 is 0 Å². The van der Waals surface area contributed by atoms with E-state index in [0.717, 1.165) is 17.0 Å². The van der Waals surface area contributed by atoms with Crippen LogP contribution in [0.15, 0.2) is 24.3 Å². The lowest BCUT2D eigenvalue weighted by Gasteiger charge is -2.17. The van der Waals surface area contributed by atoms with Crippen molar-refractivity contribution in [3.63, 3.8) is 0 Å². The average Bonchev–Trinajstić information content (AvgIpc) is 2.95. The monoisotopic (exact) mass is 251 g/mol. The predicted octanol–water partition coefficient (Wildman–Crippen LogP) is 2.66. The van der Waals surface area contributed by atoms with Crippen molar-refractivity contribution in [3.05, 3.63) is 24.3 Å². The van der Waals surface area contributed by atoms with E-state index in [9.17, 15) is 8.78 Å². The minimum Gasteiger partial charge on any atom is -0.342 e. The first-order valence-electron chi connectivity index (χ1n) is 6.11. The Bertz CT molecular complexity index is 564. The van der Waals surface area contributed by atoms with E-state index in [1.807, 2.05) is 40.8 Å². The van der Waals surface area contributed by atoms with Gasteiger partial charge in [-0.05, 0) is 18.6 Å². The van der Waals surface area contributed by atoms with Crippen molar-refractivity contribution in [1.82, 2.24) is 9.55 Å². The van der Waals surface area contributed by atoms with Crippen LogP contribution in [-0.2, 0) is 7.05 Å². The third-order valence-electron chi connectivity index (χ3n) is 3.63. The third kappa shape index (κ3) is 1.74. The Morgan fingerprint density at radius 2 is 2.11 bits per heavy atom. The number of fused-ring (bicyclic) bond motifs is 1. The van der Waals surface area contributed by atoms with Crippen LogP contribution in [0.4, 0.5) is 14.7 Å². The van der Waals surface area contributed by atoms with E-state index in [1.165, 1.54) is 0 Å². The van der Waals surface area contributed by atoms with E-state index in [2.05, 4.69) is 4.98 Å². The Balaban J connectivity index is 1.93. The normalized spacial score (nSPS) is 20.2. The van der Waals surface area contributed by atoms with Crippen LogP contribution < -0.4 is 4.90 Å². The van der Waals surface area contributed by atoms with Gasteiger partial charge in [0.15, 0.2) is 0 Å². The summed E-state index contributed by atoms with van der Waals surface area (Å²) in [5.41, 5.74) is 1.95. The molecule has 0 radical (unpaired) electrons. The number of aromatic nitrogens is 2. The highest BCUT2D eigenvalue weighted by Crippen LogP contribution is 2.28. The minimum absolute atomic E-state index is 0.398. The molecule has 0 spiro atoms. The number of para-hydroxylation sites is 2. The summed E-state index contributed by atoms with van der Waals surface area (Å²) in [6, 6.07) is 7.83. The highest BCUT2D eigenvalue weighted by Gasteiger charge is 2.31. The zero-order chi connectivity index (χ0) is 12.7. The Hall–Kier alpha value is -1.65. The fraction of sp³-hybridized carbons (Fsp3) is 0.462. The summed E-state index contributed by atoms with van der Waals surface area (Å²) in [6.45, 7) is 1.06. The molecular weight excluding hydrogens is 236 g/mol. The number of imidazole rings is 1. The zero-order valence-corrected chi connectivity index (χ0v) is 10.2. The van der Waals surface area contributed by atoms with E-state index in [1.54, 1.807) is 0 Å². The van der Waals surface area contributed by atoms with Crippen LogP contribution in [0.3, 0.4) is 0 Å². The van der Waals surface area contributed by atoms with Crippen molar-refractivity contribution in [2.24, 2.45) is 13.0 Å². The Morgan fingerprint density at radius 3 is 2.78 bits per heavy atom. The smallest absolute Gasteiger partial charge is 0.243 e. The van der Waals surface area contributed by atoms with Gasteiger partial charge in [0.1, 0.15) is 0 Å². The molecule has 0 amide bonds.